The highest BCUT2D eigenvalue weighted by molar-refractivity contribution is 5.96. The number of hydrogen-bond acceptors (Lipinski definition) is 5. The minimum Gasteiger partial charge on any atom is -0.487 e. The van der Waals surface area contributed by atoms with E-state index in [0.29, 0.717) is 41.6 Å². The van der Waals surface area contributed by atoms with Crippen LogP contribution in [0.5, 0.6) is 5.75 Å². The molecule has 0 saturated heterocycles. The molecule has 2 aromatic carbocycles. The topological polar surface area (TPSA) is 92.6 Å². The molecule has 3 rings (SSSR count). The van der Waals surface area contributed by atoms with Gasteiger partial charge >= 0.3 is 0 Å². The number of amides is 2. The molecule has 2 amide bonds. The largest absolute Gasteiger partial charge is 0.487 e. The number of benzene rings is 2. The van der Waals surface area contributed by atoms with Crippen LogP contribution in [0.3, 0.4) is 0 Å². The van der Waals surface area contributed by atoms with Crippen LogP contribution in [0.25, 0.3) is 0 Å². The van der Waals surface area contributed by atoms with E-state index in [9.17, 15) is 9.59 Å². The molecule has 0 atom stereocenters. The first kappa shape index (κ1) is 20.7. The fraction of sp³-hybridized carbons (Fsp3) is 0.130. The third-order valence-electron chi connectivity index (χ3n) is 4.10. The van der Waals surface area contributed by atoms with Crippen LogP contribution in [-0.2, 0) is 11.3 Å². The summed E-state index contributed by atoms with van der Waals surface area (Å²) in [6.07, 6.45) is 3.19. The van der Waals surface area contributed by atoms with E-state index in [4.69, 9.17) is 9.15 Å². The van der Waals surface area contributed by atoms with Crippen LogP contribution in [0, 0.1) is 0 Å². The Morgan fingerprint density at radius 1 is 1.07 bits per heavy atom. The molecule has 0 fully saturated rings. The Bertz CT molecular complexity index is 999. The molecule has 3 N–H and O–H groups in total. The van der Waals surface area contributed by atoms with Crippen LogP contribution < -0.4 is 20.7 Å². The molecule has 1 heterocycles. The first-order valence-electron chi connectivity index (χ1n) is 9.43. The fourth-order valence-electron chi connectivity index (χ4n) is 2.67. The van der Waals surface area contributed by atoms with E-state index in [1.165, 1.54) is 0 Å². The van der Waals surface area contributed by atoms with Gasteiger partial charge in [0.05, 0.1) is 25.0 Å². The van der Waals surface area contributed by atoms with Gasteiger partial charge in [-0.1, -0.05) is 30.9 Å². The quantitative estimate of drug-likeness (QED) is 0.446. The number of nitrogens with one attached hydrogen (secondary N) is 3. The highest BCUT2D eigenvalue weighted by Crippen LogP contribution is 2.23. The zero-order valence-electron chi connectivity index (χ0n) is 16.4. The number of hydrogen-bond donors (Lipinski definition) is 3. The van der Waals surface area contributed by atoms with Gasteiger partial charge in [-0.15, -0.1) is 0 Å². The molecular weight excluding hydrogens is 382 g/mol. The van der Waals surface area contributed by atoms with Gasteiger partial charge in [0, 0.05) is 11.3 Å². The van der Waals surface area contributed by atoms with Crippen molar-refractivity contribution in [2.45, 2.75) is 6.54 Å². The van der Waals surface area contributed by atoms with Gasteiger partial charge in [-0.25, -0.2) is 0 Å². The number of furan rings is 1. The van der Waals surface area contributed by atoms with E-state index in [1.54, 1.807) is 60.9 Å². The second-order valence-electron chi connectivity index (χ2n) is 6.34. The highest BCUT2D eigenvalue weighted by atomic mass is 16.5. The van der Waals surface area contributed by atoms with E-state index in [-0.39, 0.29) is 18.4 Å². The summed E-state index contributed by atoms with van der Waals surface area (Å²) in [4.78, 5) is 24.6. The second-order valence-corrected chi connectivity index (χ2v) is 6.34. The lowest BCUT2D eigenvalue weighted by Gasteiger charge is -2.12. The van der Waals surface area contributed by atoms with Gasteiger partial charge in [0.2, 0.25) is 5.91 Å². The second kappa shape index (κ2) is 10.5. The molecule has 0 spiro atoms. The molecule has 3 aromatic rings. The lowest BCUT2D eigenvalue weighted by molar-refractivity contribution is -0.114. The van der Waals surface area contributed by atoms with Crippen molar-refractivity contribution in [1.82, 2.24) is 5.32 Å². The number of para-hydroxylation sites is 2. The molecule has 0 bridgehead atoms. The molecule has 7 heteroatoms. The number of carbonyl (C=O) groups excluding carboxylic acids is 2. The van der Waals surface area contributed by atoms with Crippen molar-refractivity contribution in [3.8, 4) is 5.75 Å². The third-order valence-corrected chi connectivity index (χ3v) is 4.10. The first-order chi connectivity index (χ1) is 14.7. The Hall–Kier alpha value is -4.00. The van der Waals surface area contributed by atoms with E-state index in [1.807, 2.05) is 12.1 Å². The summed E-state index contributed by atoms with van der Waals surface area (Å²) in [5.41, 5.74) is 1.72. The lowest BCUT2D eigenvalue weighted by Crippen LogP contribution is -2.24. The zero-order chi connectivity index (χ0) is 21.2. The van der Waals surface area contributed by atoms with Crippen molar-refractivity contribution in [3.63, 3.8) is 0 Å². The molecule has 0 unspecified atom stereocenters. The van der Waals surface area contributed by atoms with Gasteiger partial charge in [0.25, 0.3) is 5.91 Å². The summed E-state index contributed by atoms with van der Waals surface area (Å²) in [5, 5.41) is 8.63. The van der Waals surface area contributed by atoms with E-state index < -0.39 is 0 Å². The number of rotatable bonds is 10. The molecule has 0 radical (unpaired) electrons. The summed E-state index contributed by atoms with van der Waals surface area (Å²) >= 11 is 0. The maximum Gasteiger partial charge on any atom is 0.251 e. The molecular formula is C23H23N3O4. The smallest absolute Gasteiger partial charge is 0.251 e. The molecule has 0 saturated carbocycles. The average Bonchev–Trinajstić information content (AvgIpc) is 3.29. The van der Waals surface area contributed by atoms with Gasteiger partial charge in [-0.05, 0) is 42.5 Å². The molecule has 0 aliphatic carbocycles. The molecule has 7 nitrogen and oxygen atoms in total. The Balaban J connectivity index is 1.53. The normalized spacial score (nSPS) is 10.1. The van der Waals surface area contributed by atoms with Crippen LogP contribution in [0.2, 0.25) is 0 Å². The Morgan fingerprint density at radius 2 is 1.93 bits per heavy atom. The molecule has 154 valence electrons. The van der Waals surface area contributed by atoms with Crippen LogP contribution in [0.15, 0.2) is 84.0 Å². The molecule has 1 aromatic heterocycles. The molecule has 0 aliphatic rings. The standard InChI is InChI=1S/C23H23N3O4/c1-2-12-30-21-11-4-3-10-20(21)26-22(27)16-24-18-8-5-7-17(14-18)23(28)25-15-19-9-6-13-29-19/h2-11,13-14,24H,1,12,15-16H2,(H,25,28)(H,26,27). The van der Waals surface area contributed by atoms with Crippen LogP contribution in [-0.4, -0.2) is 25.0 Å². The summed E-state index contributed by atoms with van der Waals surface area (Å²) < 4.78 is 10.7. The molecule has 30 heavy (non-hydrogen) atoms. The van der Waals surface area contributed by atoms with Crippen molar-refractivity contribution in [1.29, 1.82) is 0 Å². The number of carbonyl (C=O) groups is 2. The molecule has 0 aliphatic heterocycles. The van der Waals surface area contributed by atoms with E-state index in [2.05, 4.69) is 22.5 Å². The van der Waals surface area contributed by atoms with Gasteiger partial charge in [0.1, 0.15) is 18.1 Å². The van der Waals surface area contributed by atoms with Crippen LogP contribution in [0.1, 0.15) is 16.1 Å². The maximum atomic E-state index is 12.3. The highest BCUT2D eigenvalue weighted by Gasteiger charge is 2.09. The minimum atomic E-state index is -0.239. The summed E-state index contributed by atoms with van der Waals surface area (Å²) in [5.74, 6) is 0.776. The van der Waals surface area contributed by atoms with Crippen LogP contribution in [0.4, 0.5) is 11.4 Å². The number of anilines is 2. The van der Waals surface area contributed by atoms with Crippen LogP contribution >= 0.6 is 0 Å². The van der Waals surface area contributed by atoms with Crippen molar-refractivity contribution in [2.75, 3.05) is 23.8 Å². The predicted octanol–water partition coefficient (Wildman–Crippen LogP) is 3.83. The average molecular weight is 405 g/mol. The van der Waals surface area contributed by atoms with Crippen molar-refractivity contribution >= 4 is 23.2 Å². The number of ether oxygens (including phenoxy) is 1. The summed E-state index contributed by atoms with van der Waals surface area (Å²) in [7, 11) is 0. The van der Waals surface area contributed by atoms with Crippen molar-refractivity contribution < 1.29 is 18.7 Å². The zero-order valence-corrected chi connectivity index (χ0v) is 16.4. The van der Waals surface area contributed by atoms with Crippen molar-refractivity contribution in [3.05, 3.63) is 90.9 Å². The third kappa shape index (κ3) is 6.00. The maximum absolute atomic E-state index is 12.3. The Kier molecular flexibility index (Phi) is 7.27. The predicted molar refractivity (Wildman–Crippen MR) is 116 cm³/mol. The Labute approximate surface area is 174 Å². The van der Waals surface area contributed by atoms with Gasteiger partial charge < -0.3 is 25.1 Å². The summed E-state index contributed by atoms with van der Waals surface area (Å²) in [6, 6.07) is 17.7. The van der Waals surface area contributed by atoms with E-state index >= 15 is 0 Å². The van der Waals surface area contributed by atoms with Gasteiger partial charge in [-0.2, -0.15) is 0 Å². The monoisotopic (exact) mass is 405 g/mol. The minimum absolute atomic E-state index is 0.0350. The SMILES string of the molecule is C=CCOc1ccccc1NC(=O)CNc1cccc(C(=O)NCc2ccco2)c1. The van der Waals surface area contributed by atoms with Gasteiger partial charge in [-0.3, -0.25) is 9.59 Å². The lowest BCUT2D eigenvalue weighted by atomic mass is 10.2. The fourth-order valence-corrected chi connectivity index (χ4v) is 2.67. The Morgan fingerprint density at radius 3 is 2.73 bits per heavy atom. The van der Waals surface area contributed by atoms with E-state index in [0.717, 1.165) is 0 Å². The first-order valence-corrected chi connectivity index (χ1v) is 9.43. The van der Waals surface area contributed by atoms with Crippen molar-refractivity contribution in [2.24, 2.45) is 0 Å². The summed E-state index contributed by atoms with van der Waals surface area (Å²) in [6.45, 7) is 4.30. The van der Waals surface area contributed by atoms with Gasteiger partial charge in [0.15, 0.2) is 0 Å².